The second-order valence-electron chi connectivity index (χ2n) is 7.83. The van der Waals surface area contributed by atoms with Crippen LogP contribution in [-0.2, 0) is 21.2 Å². The molecular formula is C21H28N2O5S. The van der Waals surface area contributed by atoms with Crippen LogP contribution in [0.3, 0.4) is 0 Å². The van der Waals surface area contributed by atoms with E-state index in [1.165, 1.54) is 17.0 Å². The molecule has 3 aliphatic rings. The van der Waals surface area contributed by atoms with Gasteiger partial charge < -0.3 is 10.0 Å². The third-order valence-electron chi connectivity index (χ3n) is 6.05. The molecule has 2 saturated heterocycles. The first kappa shape index (κ1) is 21.4. The predicted molar refractivity (Wildman–Crippen MR) is 109 cm³/mol. The van der Waals surface area contributed by atoms with Crippen LogP contribution in [0, 0.1) is 5.92 Å². The first-order valence-electron chi connectivity index (χ1n) is 10.00. The monoisotopic (exact) mass is 420 g/mol. The quantitative estimate of drug-likeness (QED) is 0.651. The maximum Gasteiger partial charge on any atom is 0.409 e. The Kier molecular flexibility index (Phi) is 6.03. The average Bonchev–Trinajstić information content (AvgIpc) is 2.69. The van der Waals surface area contributed by atoms with E-state index in [0.717, 1.165) is 0 Å². The van der Waals surface area contributed by atoms with Crippen LogP contribution < -0.4 is 0 Å². The van der Waals surface area contributed by atoms with Crippen LogP contribution in [0.2, 0.25) is 0 Å². The van der Waals surface area contributed by atoms with Crippen LogP contribution in [0.25, 0.3) is 0 Å². The van der Waals surface area contributed by atoms with Crippen molar-refractivity contribution in [2.45, 2.75) is 56.1 Å². The van der Waals surface area contributed by atoms with Crippen LogP contribution in [-0.4, -0.2) is 53.3 Å². The molecule has 2 bridgehead atoms. The average molecular weight is 421 g/mol. The minimum atomic E-state index is -3.32. The molecule has 4 rings (SSSR count). The lowest BCUT2D eigenvalue weighted by molar-refractivity contribution is -0.172. The number of piperidine rings is 2. The van der Waals surface area contributed by atoms with Crippen molar-refractivity contribution in [2.75, 3.05) is 12.3 Å². The number of rotatable bonds is 8. The normalized spacial score (nSPS) is 23.8. The van der Waals surface area contributed by atoms with E-state index in [0.29, 0.717) is 44.2 Å². The van der Waals surface area contributed by atoms with Gasteiger partial charge in [-0.25, -0.2) is 13.2 Å². The van der Waals surface area contributed by atoms with Gasteiger partial charge in [0.05, 0.1) is 17.2 Å². The molecule has 1 aromatic carbocycles. The molecule has 29 heavy (non-hydrogen) atoms. The molecule has 2 heterocycles. The summed E-state index contributed by atoms with van der Waals surface area (Å²) in [5.41, 5.74) is -0.186. The SMILES string of the molecule is C=CCN1C(=O)C2CCC1(N(Cc1ccc(S(=O)(=O)CCC)cc1)C(=O)O)CC2. The van der Waals surface area contributed by atoms with Crippen LogP contribution in [0.4, 0.5) is 4.79 Å². The fourth-order valence-electron chi connectivity index (χ4n) is 4.59. The van der Waals surface area contributed by atoms with Crippen molar-refractivity contribution in [3.05, 3.63) is 42.5 Å². The Balaban J connectivity index is 1.89. The maximum absolute atomic E-state index is 12.8. The lowest BCUT2D eigenvalue weighted by Gasteiger charge is -2.57. The third-order valence-corrected chi connectivity index (χ3v) is 7.98. The molecule has 0 aromatic heterocycles. The first-order valence-corrected chi connectivity index (χ1v) is 11.6. The lowest BCUT2D eigenvalue weighted by atomic mass is 9.73. The zero-order valence-corrected chi connectivity index (χ0v) is 17.5. The molecule has 7 nitrogen and oxygen atoms in total. The molecule has 2 aliphatic heterocycles. The zero-order chi connectivity index (χ0) is 21.2. The van der Waals surface area contributed by atoms with E-state index in [2.05, 4.69) is 6.58 Å². The number of hydrogen-bond acceptors (Lipinski definition) is 4. The van der Waals surface area contributed by atoms with E-state index in [1.807, 2.05) is 6.92 Å². The van der Waals surface area contributed by atoms with Gasteiger partial charge in [0, 0.05) is 12.5 Å². The van der Waals surface area contributed by atoms with Crippen LogP contribution >= 0.6 is 0 Å². The molecule has 0 radical (unpaired) electrons. The highest BCUT2D eigenvalue weighted by atomic mass is 32.2. The molecule has 2 amide bonds. The third kappa shape index (κ3) is 3.90. The Bertz CT molecular complexity index is 886. The fraction of sp³-hybridized carbons (Fsp3) is 0.524. The molecule has 158 valence electrons. The Morgan fingerprint density at radius 2 is 1.93 bits per heavy atom. The van der Waals surface area contributed by atoms with Crippen molar-refractivity contribution in [1.82, 2.24) is 9.80 Å². The van der Waals surface area contributed by atoms with Crippen LogP contribution in [0.5, 0.6) is 0 Å². The Hall–Kier alpha value is -2.35. The number of carboxylic acid groups (broad SMARTS) is 1. The van der Waals surface area contributed by atoms with E-state index in [-0.39, 0.29) is 29.0 Å². The molecule has 1 saturated carbocycles. The zero-order valence-electron chi connectivity index (χ0n) is 16.7. The standard InChI is InChI=1S/C21H28N2O5S/c1-3-13-22-19(24)17-9-11-21(22,12-10-17)23(20(25)26)15-16-5-7-18(8-6-16)29(27,28)14-4-2/h3,5-8,17H,1,4,9-15H2,2H3,(H,25,26). The Labute approximate surface area is 171 Å². The topological polar surface area (TPSA) is 95.0 Å². The van der Waals surface area contributed by atoms with Gasteiger partial charge >= 0.3 is 6.09 Å². The highest BCUT2D eigenvalue weighted by molar-refractivity contribution is 7.91. The van der Waals surface area contributed by atoms with Crippen molar-refractivity contribution in [1.29, 1.82) is 0 Å². The summed E-state index contributed by atoms with van der Waals surface area (Å²) < 4.78 is 24.4. The summed E-state index contributed by atoms with van der Waals surface area (Å²) in [6.07, 6.45) is 3.66. The molecule has 3 fully saturated rings. The number of sulfone groups is 1. The van der Waals surface area contributed by atoms with E-state index in [4.69, 9.17) is 0 Å². The van der Waals surface area contributed by atoms with E-state index in [1.54, 1.807) is 23.1 Å². The highest BCUT2D eigenvalue weighted by Crippen LogP contribution is 2.46. The van der Waals surface area contributed by atoms with Crippen molar-refractivity contribution in [3.63, 3.8) is 0 Å². The van der Waals surface area contributed by atoms with Gasteiger partial charge in [-0.3, -0.25) is 9.69 Å². The summed E-state index contributed by atoms with van der Waals surface area (Å²) in [4.78, 5) is 28.2. The Morgan fingerprint density at radius 3 is 2.45 bits per heavy atom. The van der Waals surface area contributed by atoms with E-state index < -0.39 is 21.6 Å². The van der Waals surface area contributed by atoms with Gasteiger partial charge in [-0.1, -0.05) is 25.1 Å². The van der Waals surface area contributed by atoms with Gasteiger partial charge in [-0.15, -0.1) is 6.58 Å². The number of fused-ring (bicyclic) bond motifs is 3. The summed E-state index contributed by atoms with van der Waals surface area (Å²) in [6.45, 7) is 5.94. The molecule has 1 aliphatic carbocycles. The van der Waals surface area contributed by atoms with Crippen molar-refractivity contribution in [2.24, 2.45) is 5.92 Å². The molecule has 0 unspecified atom stereocenters. The number of benzene rings is 1. The summed E-state index contributed by atoms with van der Waals surface area (Å²) in [7, 11) is -3.32. The summed E-state index contributed by atoms with van der Waals surface area (Å²) in [6, 6.07) is 6.37. The molecular weight excluding hydrogens is 392 g/mol. The number of amides is 2. The second kappa shape index (κ2) is 8.18. The van der Waals surface area contributed by atoms with Gasteiger partial charge in [0.1, 0.15) is 5.66 Å². The van der Waals surface area contributed by atoms with Gasteiger partial charge in [-0.2, -0.15) is 0 Å². The number of carbonyl (C=O) groups excluding carboxylic acids is 1. The molecule has 0 spiro atoms. The maximum atomic E-state index is 12.8. The lowest BCUT2D eigenvalue weighted by Crippen LogP contribution is -2.69. The number of nitrogens with zero attached hydrogens (tertiary/aromatic N) is 2. The molecule has 1 N–H and O–H groups in total. The van der Waals surface area contributed by atoms with Gasteiger partial charge in [0.15, 0.2) is 9.84 Å². The number of hydrogen-bond donors (Lipinski definition) is 1. The summed E-state index contributed by atoms with van der Waals surface area (Å²) in [5.74, 6) is 0.0430. The van der Waals surface area contributed by atoms with E-state index in [9.17, 15) is 23.1 Å². The van der Waals surface area contributed by atoms with Crippen molar-refractivity contribution in [3.8, 4) is 0 Å². The molecule has 0 atom stereocenters. The molecule has 1 aromatic rings. The predicted octanol–water partition coefficient (Wildman–Crippen LogP) is 3.27. The van der Waals surface area contributed by atoms with E-state index >= 15 is 0 Å². The van der Waals surface area contributed by atoms with Crippen molar-refractivity contribution < 1.29 is 23.1 Å². The first-order chi connectivity index (χ1) is 13.7. The molecule has 8 heteroatoms. The van der Waals surface area contributed by atoms with Gasteiger partial charge in [0.2, 0.25) is 5.91 Å². The van der Waals surface area contributed by atoms with Gasteiger partial charge in [0.25, 0.3) is 0 Å². The fourth-order valence-corrected chi connectivity index (χ4v) is 5.92. The second-order valence-corrected chi connectivity index (χ2v) is 9.93. The van der Waals surface area contributed by atoms with Crippen LogP contribution in [0.15, 0.2) is 41.8 Å². The summed E-state index contributed by atoms with van der Waals surface area (Å²) in [5, 5.41) is 9.99. The minimum Gasteiger partial charge on any atom is -0.465 e. The van der Waals surface area contributed by atoms with Crippen LogP contribution in [0.1, 0.15) is 44.6 Å². The minimum absolute atomic E-state index is 0.00495. The Morgan fingerprint density at radius 1 is 1.31 bits per heavy atom. The number of carbonyl (C=O) groups is 2. The van der Waals surface area contributed by atoms with Gasteiger partial charge in [-0.05, 0) is 49.8 Å². The smallest absolute Gasteiger partial charge is 0.409 e. The summed E-state index contributed by atoms with van der Waals surface area (Å²) >= 11 is 0. The van der Waals surface area contributed by atoms with Crippen molar-refractivity contribution >= 4 is 21.8 Å². The highest BCUT2D eigenvalue weighted by Gasteiger charge is 2.55. The largest absolute Gasteiger partial charge is 0.465 e.